The zero-order valence-corrected chi connectivity index (χ0v) is 16.3. The molecule has 1 heterocycles. The van der Waals surface area contributed by atoms with Gasteiger partial charge in [-0.15, -0.1) is 0 Å². The van der Waals surface area contributed by atoms with Gasteiger partial charge in [-0.05, 0) is 35.9 Å². The predicted octanol–water partition coefficient (Wildman–Crippen LogP) is 4.63. The van der Waals surface area contributed by atoms with Crippen molar-refractivity contribution in [2.75, 3.05) is 12.4 Å². The molecule has 0 atom stereocenters. The Bertz CT molecular complexity index is 1380. The molecule has 1 aromatic heterocycles. The molecule has 31 heavy (non-hydrogen) atoms. The minimum atomic E-state index is -0.549. The first-order chi connectivity index (χ1) is 15.0. The van der Waals surface area contributed by atoms with Gasteiger partial charge in [0.2, 0.25) is 0 Å². The van der Waals surface area contributed by atoms with Crippen LogP contribution in [-0.2, 0) is 0 Å². The molecule has 0 aliphatic carbocycles. The third kappa shape index (κ3) is 3.99. The minimum absolute atomic E-state index is 0.153. The van der Waals surface area contributed by atoms with Crippen molar-refractivity contribution in [3.63, 3.8) is 0 Å². The molecule has 0 spiro atoms. The molecule has 0 aliphatic rings. The zero-order valence-electron chi connectivity index (χ0n) is 16.3. The number of hydrogen-bond acceptors (Lipinski definition) is 6. The maximum atomic E-state index is 12.8. The van der Waals surface area contributed by atoms with E-state index in [4.69, 9.17) is 9.15 Å². The van der Waals surface area contributed by atoms with Gasteiger partial charge in [-0.2, -0.15) is 0 Å². The van der Waals surface area contributed by atoms with Gasteiger partial charge < -0.3 is 14.5 Å². The van der Waals surface area contributed by atoms with Crippen LogP contribution in [0.1, 0.15) is 10.4 Å². The quantitative estimate of drug-likeness (QED) is 0.288. The van der Waals surface area contributed by atoms with Gasteiger partial charge in [0.05, 0.1) is 29.4 Å². The van der Waals surface area contributed by atoms with Crippen LogP contribution in [-0.4, -0.2) is 17.9 Å². The zero-order chi connectivity index (χ0) is 22.0. The molecule has 8 heteroatoms. The number of nitro benzene ring substituents is 1. The molecule has 0 fully saturated rings. The molecule has 0 unspecified atom stereocenters. The van der Waals surface area contributed by atoms with Crippen LogP contribution in [0, 0.1) is 10.1 Å². The van der Waals surface area contributed by atoms with E-state index in [1.807, 2.05) is 12.1 Å². The summed E-state index contributed by atoms with van der Waals surface area (Å²) >= 11 is 0. The van der Waals surface area contributed by atoms with Crippen molar-refractivity contribution in [2.45, 2.75) is 0 Å². The van der Waals surface area contributed by atoms with Gasteiger partial charge >= 0.3 is 5.63 Å². The Kier molecular flexibility index (Phi) is 5.19. The van der Waals surface area contributed by atoms with Gasteiger partial charge in [0.25, 0.3) is 11.6 Å². The molecule has 4 aromatic rings. The summed E-state index contributed by atoms with van der Waals surface area (Å²) in [4.78, 5) is 35.6. The number of amides is 1. The van der Waals surface area contributed by atoms with Gasteiger partial charge in [0.15, 0.2) is 0 Å². The summed E-state index contributed by atoms with van der Waals surface area (Å²) in [6.45, 7) is 0. The Morgan fingerprint density at radius 1 is 1.03 bits per heavy atom. The molecule has 4 rings (SSSR count). The maximum absolute atomic E-state index is 12.8. The third-order valence-electron chi connectivity index (χ3n) is 4.72. The first kappa shape index (κ1) is 19.8. The fraction of sp³-hybridized carbons (Fsp3) is 0.0435. The van der Waals surface area contributed by atoms with Gasteiger partial charge in [-0.1, -0.05) is 30.3 Å². The molecule has 1 amide bonds. The summed E-state index contributed by atoms with van der Waals surface area (Å²) in [5, 5.41) is 14.4. The number of anilines is 1. The average Bonchev–Trinajstić information content (AvgIpc) is 2.78. The van der Waals surface area contributed by atoms with E-state index < -0.39 is 16.5 Å². The number of nitrogens with zero attached hydrogens (tertiary/aromatic N) is 1. The summed E-state index contributed by atoms with van der Waals surface area (Å²) < 4.78 is 10.5. The van der Waals surface area contributed by atoms with E-state index in [1.54, 1.807) is 42.5 Å². The molecule has 8 nitrogen and oxygen atoms in total. The molecule has 0 aliphatic heterocycles. The lowest BCUT2D eigenvalue weighted by Crippen LogP contribution is -2.13. The van der Waals surface area contributed by atoms with Crippen LogP contribution in [0.4, 0.5) is 11.4 Å². The van der Waals surface area contributed by atoms with Crippen LogP contribution in [0.25, 0.3) is 22.1 Å². The minimum Gasteiger partial charge on any atom is -0.494 e. The van der Waals surface area contributed by atoms with Crippen LogP contribution in [0.2, 0.25) is 0 Å². The number of benzene rings is 3. The van der Waals surface area contributed by atoms with Crippen molar-refractivity contribution in [3.8, 4) is 16.9 Å². The number of nitro groups is 1. The average molecular weight is 416 g/mol. The molecule has 0 saturated heterocycles. The van der Waals surface area contributed by atoms with Crippen molar-refractivity contribution in [1.82, 2.24) is 0 Å². The molecular weight excluding hydrogens is 400 g/mol. The van der Waals surface area contributed by atoms with E-state index in [0.29, 0.717) is 22.3 Å². The molecule has 1 N–H and O–H groups in total. The summed E-state index contributed by atoms with van der Waals surface area (Å²) in [5.74, 6) is -0.298. The number of carbonyl (C=O) groups is 1. The molecule has 154 valence electrons. The van der Waals surface area contributed by atoms with E-state index in [-0.39, 0.29) is 17.1 Å². The van der Waals surface area contributed by atoms with Crippen LogP contribution in [0.3, 0.4) is 0 Å². The fourth-order valence-corrected chi connectivity index (χ4v) is 3.18. The van der Waals surface area contributed by atoms with Crippen molar-refractivity contribution in [2.24, 2.45) is 0 Å². The third-order valence-corrected chi connectivity index (χ3v) is 4.72. The lowest BCUT2D eigenvalue weighted by atomic mass is 10.0. The van der Waals surface area contributed by atoms with E-state index in [2.05, 4.69) is 5.32 Å². The SMILES string of the molecule is COc1cc([N+](=O)[O-])ccc1NC(=O)c1cccc(-c2cc3ccccc3oc2=O)c1. The standard InChI is InChI=1S/C23H16N2O6/c1-30-21-13-17(25(28)29)9-10-19(21)24-22(26)16-7-4-6-14(11-16)18-12-15-5-2-3-8-20(15)31-23(18)27/h2-13H,1H3,(H,24,26). The monoisotopic (exact) mass is 416 g/mol. The fourth-order valence-electron chi connectivity index (χ4n) is 3.18. The highest BCUT2D eigenvalue weighted by Crippen LogP contribution is 2.30. The summed E-state index contributed by atoms with van der Waals surface area (Å²) in [5.41, 5.74) is 1.27. The number of fused-ring (bicyclic) bond motifs is 1. The molecular formula is C23H16N2O6. The normalized spacial score (nSPS) is 10.6. The first-order valence-corrected chi connectivity index (χ1v) is 9.23. The topological polar surface area (TPSA) is 112 Å². The highest BCUT2D eigenvalue weighted by Gasteiger charge is 2.15. The Morgan fingerprint density at radius 2 is 1.84 bits per heavy atom. The van der Waals surface area contributed by atoms with Crippen molar-refractivity contribution >= 4 is 28.3 Å². The number of non-ortho nitro benzene ring substituents is 1. The smallest absolute Gasteiger partial charge is 0.344 e. The first-order valence-electron chi connectivity index (χ1n) is 9.23. The van der Waals surface area contributed by atoms with Crippen LogP contribution >= 0.6 is 0 Å². The number of rotatable bonds is 5. The summed E-state index contributed by atoms with van der Waals surface area (Å²) in [6, 6.07) is 19.3. The Labute approximate surface area is 175 Å². The highest BCUT2D eigenvalue weighted by atomic mass is 16.6. The summed E-state index contributed by atoms with van der Waals surface area (Å²) in [6.07, 6.45) is 0. The largest absolute Gasteiger partial charge is 0.494 e. The second-order valence-electron chi connectivity index (χ2n) is 6.66. The van der Waals surface area contributed by atoms with Gasteiger partial charge in [-0.3, -0.25) is 14.9 Å². The van der Waals surface area contributed by atoms with E-state index in [9.17, 15) is 19.7 Å². The second kappa shape index (κ2) is 8.11. The summed E-state index contributed by atoms with van der Waals surface area (Å²) in [7, 11) is 1.36. The molecule has 0 radical (unpaired) electrons. The van der Waals surface area contributed by atoms with E-state index in [1.165, 1.54) is 25.3 Å². The predicted molar refractivity (Wildman–Crippen MR) is 116 cm³/mol. The number of ether oxygens (including phenoxy) is 1. The number of methoxy groups -OCH3 is 1. The van der Waals surface area contributed by atoms with E-state index in [0.717, 1.165) is 5.39 Å². The van der Waals surface area contributed by atoms with Crippen LogP contribution in [0.15, 0.2) is 82.0 Å². The lowest BCUT2D eigenvalue weighted by Gasteiger charge is -2.11. The molecule has 0 saturated carbocycles. The van der Waals surface area contributed by atoms with Crippen molar-refractivity contribution < 1.29 is 18.9 Å². The Balaban J connectivity index is 1.66. The van der Waals surface area contributed by atoms with Gasteiger partial charge in [0.1, 0.15) is 11.3 Å². The number of nitrogens with one attached hydrogen (secondary N) is 1. The van der Waals surface area contributed by atoms with Crippen LogP contribution in [0.5, 0.6) is 5.75 Å². The lowest BCUT2D eigenvalue weighted by molar-refractivity contribution is -0.384. The Hall–Kier alpha value is -4.46. The maximum Gasteiger partial charge on any atom is 0.344 e. The van der Waals surface area contributed by atoms with Crippen molar-refractivity contribution in [1.29, 1.82) is 0 Å². The molecule has 0 bridgehead atoms. The van der Waals surface area contributed by atoms with Crippen LogP contribution < -0.4 is 15.7 Å². The van der Waals surface area contributed by atoms with Crippen molar-refractivity contribution in [3.05, 3.63) is 98.9 Å². The number of para-hydroxylation sites is 1. The van der Waals surface area contributed by atoms with Gasteiger partial charge in [-0.25, -0.2) is 4.79 Å². The Morgan fingerprint density at radius 3 is 2.61 bits per heavy atom. The highest BCUT2D eigenvalue weighted by molar-refractivity contribution is 6.05. The number of hydrogen-bond donors (Lipinski definition) is 1. The van der Waals surface area contributed by atoms with E-state index >= 15 is 0 Å². The number of carbonyl (C=O) groups excluding carboxylic acids is 1. The van der Waals surface area contributed by atoms with Gasteiger partial charge in [0, 0.05) is 17.0 Å². The molecule has 3 aromatic carbocycles. The second-order valence-corrected chi connectivity index (χ2v) is 6.66.